The van der Waals surface area contributed by atoms with Crippen molar-refractivity contribution in [2.45, 2.75) is 18.9 Å². The topological polar surface area (TPSA) is 61.8 Å². The predicted octanol–water partition coefficient (Wildman–Crippen LogP) is -0.201. The lowest BCUT2D eigenvalue weighted by molar-refractivity contribution is 0.109. The maximum Gasteiger partial charge on any atom is 0.409 e. The highest BCUT2D eigenvalue weighted by molar-refractivity contribution is 5.67. The maximum atomic E-state index is 11.1. The molecule has 0 unspecified atom stereocenters. The van der Waals surface area contributed by atoms with Crippen molar-refractivity contribution in [2.75, 3.05) is 33.4 Å². The molecule has 1 aliphatic rings. The fourth-order valence-corrected chi connectivity index (χ4v) is 1.66. The maximum absolute atomic E-state index is 11.1. The van der Waals surface area contributed by atoms with Crippen LogP contribution in [0.25, 0.3) is 0 Å². The van der Waals surface area contributed by atoms with Crippen LogP contribution in [0.15, 0.2) is 0 Å². The molecule has 5 heteroatoms. The van der Waals surface area contributed by atoms with E-state index in [4.69, 9.17) is 5.11 Å². The quantitative estimate of drug-likeness (QED) is 0.665. The van der Waals surface area contributed by atoms with Gasteiger partial charge in [0.05, 0.1) is 13.7 Å². The summed E-state index contributed by atoms with van der Waals surface area (Å²) in [7, 11) is 1.40. The Kier molecular flexibility index (Phi) is 4.69. The highest BCUT2D eigenvalue weighted by Gasteiger charge is 2.22. The van der Waals surface area contributed by atoms with Gasteiger partial charge in [0.1, 0.15) is 0 Å². The first-order valence-electron chi connectivity index (χ1n) is 4.95. The van der Waals surface area contributed by atoms with Crippen LogP contribution in [0.2, 0.25) is 0 Å². The third-order valence-electron chi connectivity index (χ3n) is 2.47. The number of carbonyl (C=O) groups excluding carboxylic acids is 1. The van der Waals surface area contributed by atoms with Crippen molar-refractivity contribution in [3.05, 3.63) is 0 Å². The molecule has 0 saturated carbocycles. The molecule has 1 fully saturated rings. The van der Waals surface area contributed by atoms with Crippen LogP contribution in [-0.4, -0.2) is 55.5 Å². The van der Waals surface area contributed by atoms with Crippen LogP contribution >= 0.6 is 0 Å². The molecule has 0 aliphatic carbocycles. The van der Waals surface area contributed by atoms with Crippen molar-refractivity contribution in [3.63, 3.8) is 0 Å². The lowest BCUT2D eigenvalue weighted by atomic mass is 10.1. The summed E-state index contributed by atoms with van der Waals surface area (Å²) in [4.78, 5) is 12.8. The highest BCUT2D eigenvalue weighted by atomic mass is 16.5. The van der Waals surface area contributed by atoms with Crippen LogP contribution in [0, 0.1) is 0 Å². The van der Waals surface area contributed by atoms with Crippen LogP contribution in [0.4, 0.5) is 4.79 Å². The van der Waals surface area contributed by atoms with Gasteiger partial charge in [-0.25, -0.2) is 4.79 Å². The first-order valence-corrected chi connectivity index (χ1v) is 4.95. The smallest absolute Gasteiger partial charge is 0.409 e. The van der Waals surface area contributed by atoms with E-state index in [0.29, 0.717) is 12.6 Å². The average Bonchev–Trinajstić information content (AvgIpc) is 2.26. The molecule has 2 N–H and O–H groups in total. The van der Waals surface area contributed by atoms with Crippen molar-refractivity contribution in [3.8, 4) is 0 Å². The minimum Gasteiger partial charge on any atom is -0.453 e. The Balaban J connectivity index is 2.20. The molecule has 0 bridgehead atoms. The minimum atomic E-state index is -0.245. The molecule has 1 rings (SSSR count). The summed E-state index contributed by atoms with van der Waals surface area (Å²) in [6, 6.07) is 0.419. The number of piperidine rings is 1. The summed E-state index contributed by atoms with van der Waals surface area (Å²) < 4.78 is 4.63. The normalized spacial score (nSPS) is 18.3. The summed E-state index contributed by atoms with van der Waals surface area (Å²) in [5.74, 6) is 0. The zero-order valence-electron chi connectivity index (χ0n) is 8.53. The Morgan fingerprint density at radius 1 is 1.57 bits per heavy atom. The van der Waals surface area contributed by atoms with Crippen molar-refractivity contribution >= 4 is 6.09 Å². The highest BCUT2D eigenvalue weighted by Crippen LogP contribution is 2.10. The Morgan fingerprint density at radius 2 is 2.21 bits per heavy atom. The molecule has 0 aromatic carbocycles. The van der Waals surface area contributed by atoms with Crippen LogP contribution in [-0.2, 0) is 4.74 Å². The molecule has 5 nitrogen and oxygen atoms in total. The SMILES string of the molecule is COC(=O)N1CCC(NCCO)CC1. The second-order valence-corrected chi connectivity index (χ2v) is 3.41. The molecule has 0 radical (unpaired) electrons. The molecule has 0 aromatic heterocycles. The number of hydrogen-bond donors (Lipinski definition) is 2. The molecular formula is C9H18N2O3. The van der Waals surface area contributed by atoms with Gasteiger partial charge in [0.25, 0.3) is 0 Å². The number of aliphatic hydroxyl groups is 1. The van der Waals surface area contributed by atoms with Crippen LogP contribution in [0.3, 0.4) is 0 Å². The Bertz CT molecular complexity index is 179. The predicted molar refractivity (Wildman–Crippen MR) is 52.1 cm³/mol. The summed E-state index contributed by atoms with van der Waals surface area (Å²) in [5, 5.41) is 11.8. The van der Waals surface area contributed by atoms with Crippen molar-refractivity contribution in [1.29, 1.82) is 0 Å². The van der Waals surface area contributed by atoms with E-state index in [2.05, 4.69) is 10.1 Å². The molecule has 1 saturated heterocycles. The van der Waals surface area contributed by atoms with Crippen molar-refractivity contribution in [1.82, 2.24) is 10.2 Å². The fraction of sp³-hybridized carbons (Fsp3) is 0.889. The van der Waals surface area contributed by atoms with E-state index in [1.54, 1.807) is 4.90 Å². The van der Waals surface area contributed by atoms with Gasteiger partial charge in [-0.05, 0) is 12.8 Å². The standard InChI is InChI=1S/C9H18N2O3/c1-14-9(13)11-5-2-8(3-6-11)10-4-7-12/h8,10,12H,2-7H2,1H3. The third-order valence-corrected chi connectivity index (χ3v) is 2.47. The Morgan fingerprint density at radius 3 is 2.71 bits per heavy atom. The van der Waals surface area contributed by atoms with Gasteiger partial charge in [-0.2, -0.15) is 0 Å². The number of hydrogen-bond acceptors (Lipinski definition) is 4. The average molecular weight is 202 g/mol. The number of aliphatic hydroxyl groups excluding tert-OH is 1. The minimum absolute atomic E-state index is 0.164. The first-order chi connectivity index (χ1) is 6.77. The Labute approximate surface area is 84.0 Å². The zero-order valence-corrected chi connectivity index (χ0v) is 8.53. The largest absolute Gasteiger partial charge is 0.453 e. The molecule has 0 spiro atoms. The van der Waals surface area contributed by atoms with Gasteiger partial charge in [0, 0.05) is 25.7 Å². The van der Waals surface area contributed by atoms with Gasteiger partial charge < -0.3 is 20.1 Å². The van der Waals surface area contributed by atoms with Crippen LogP contribution in [0.1, 0.15) is 12.8 Å². The van der Waals surface area contributed by atoms with E-state index in [-0.39, 0.29) is 12.7 Å². The molecular weight excluding hydrogens is 184 g/mol. The van der Waals surface area contributed by atoms with E-state index in [0.717, 1.165) is 25.9 Å². The van der Waals surface area contributed by atoms with Crippen LogP contribution < -0.4 is 5.32 Å². The second kappa shape index (κ2) is 5.82. The van der Waals surface area contributed by atoms with Crippen molar-refractivity contribution < 1.29 is 14.6 Å². The van der Waals surface area contributed by atoms with E-state index in [1.165, 1.54) is 7.11 Å². The number of carbonyl (C=O) groups is 1. The summed E-state index contributed by atoms with van der Waals surface area (Å²) in [6.45, 7) is 2.26. The third kappa shape index (κ3) is 3.16. The number of likely N-dealkylation sites (tertiary alicyclic amines) is 1. The van der Waals surface area contributed by atoms with E-state index in [9.17, 15) is 4.79 Å². The molecule has 0 aromatic rings. The second-order valence-electron chi connectivity index (χ2n) is 3.41. The number of nitrogens with one attached hydrogen (secondary N) is 1. The molecule has 1 heterocycles. The van der Waals surface area contributed by atoms with E-state index < -0.39 is 0 Å². The molecule has 1 amide bonds. The van der Waals surface area contributed by atoms with E-state index in [1.807, 2.05) is 0 Å². The summed E-state index contributed by atoms with van der Waals surface area (Å²) in [5.41, 5.74) is 0. The van der Waals surface area contributed by atoms with Gasteiger partial charge in [0.15, 0.2) is 0 Å². The lowest BCUT2D eigenvalue weighted by Crippen LogP contribution is -2.45. The fourth-order valence-electron chi connectivity index (χ4n) is 1.66. The zero-order chi connectivity index (χ0) is 10.4. The molecule has 1 aliphatic heterocycles. The number of amides is 1. The summed E-state index contributed by atoms with van der Waals surface area (Å²) in [6.07, 6.45) is 1.61. The number of methoxy groups -OCH3 is 1. The van der Waals surface area contributed by atoms with Gasteiger partial charge in [-0.3, -0.25) is 0 Å². The monoisotopic (exact) mass is 202 g/mol. The van der Waals surface area contributed by atoms with Gasteiger partial charge >= 0.3 is 6.09 Å². The van der Waals surface area contributed by atoms with Gasteiger partial charge in [-0.1, -0.05) is 0 Å². The Hall–Kier alpha value is -0.810. The lowest BCUT2D eigenvalue weighted by Gasteiger charge is -2.31. The number of rotatable bonds is 3. The van der Waals surface area contributed by atoms with Gasteiger partial charge in [0.2, 0.25) is 0 Å². The van der Waals surface area contributed by atoms with Crippen molar-refractivity contribution in [2.24, 2.45) is 0 Å². The number of nitrogens with zero attached hydrogens (tertiary/aromatic N) is 1. The summed E-state index contributed by atoms with van der Waals surface area (Å²) >= 11 is 0. The first kappa shape index (κ1) is 11.3. The van der Waals surface area contributed by atoms with E-state index >= 15 is 0 Å². The van der Waals surface area contributed by atoms with Gasteiger partial charge in [-0.15, -0.1) is 0 Å². The molecule has 14 heavy (non-hydrogen) atoms. The molecule has 82 valence electrons. The molecule has 0 atom stereocenters. The number of ether oxygens (including phenoxy) is 1. The van der Waals surface area contributed by atoms with Crippen LogP contribution in [0.5, 0.6) is 0 Å².